The Labute approximate surface area is 126 Å². The molecule has 2 heterocycles. The molecule has 0 aliphatic carbocycles. The first-order valence-corrected chi connectivity index (χ1v) is 7.45. The highest BCUT2D eigenvalue weighted by Gasteiger charge is 2.23. The van der Waals surface area contributed by atoms with Crippen molar-refractivity contribution in [2.75, 3.05) is 43.0 Å². The number of rotatable bonds is 5. The molecule has 21 heavy (non-hydrogen) atoms. The van der Waals surface area contributed by atoms with E-state index >= 15 is 0 Å². The minimum Gasteiger partial charge on any atom is -0.389 e. The normalized spacial score (nSPS) is 17.1. The van der Waals surface area contributed by atoms with Crippen molar-refractivity contribution in [3.8, 4) is 0 Å². The first-order valence-electron chi connectivity index (χ1n) is 7.45. The van der Waals surface area contributed by atoms with Crippen molar-refractivity contribution in [1.29, 1.82) is 0 Å². The first-order chi connectivity index (χ1) is 9.91. The molecule has 4 N–H and O–H groups in total. The lowest BCUT2D eigenvalue weighted by Crippen LogP contribution is -2.50. The number of anilines is 2. The fourth-order valence-electron chi connectivity index (χ4n) is 2.56. The van der Waals surface area contributed by atoms with Crippen LogP contribution in [0, 0.1) is 0 Å². The third kappa shape index (κ3) is 4.52. The number of hydrogen-bond donors (Lipinski definition) is 3. The van der Waals surface area contributed by atoms with Gasteiger partial charge in [-0.2, -0.15) is 0 Å². The fourth-order valence-corrected chi connectivity index (χ4v) is 2.56. The van der Waals surface area contributed by atoms with E-state index in [1.807, 2.05) is 26.8 Å². The number of piperazine rings is 1. The van der Waals surface area contributed by atoms with Crippen molar-refractivity contribution in [3.63, 3.8) is 0 Å². The van der Waals surface area contributed by atoms with Gasteiger partial charge in [-0.25, -0.2) is 15.8 Å². The minimum absolute atomic E-state index is 0.649. The van der Waals surface area contributed by atoms with Crippen LogP contribution in [-0.2, 0) is 6.42 Å². The number of aliphatic hydroxyl groups is 1. The Bertz CT molecular complexity index is 443. The number of β-amino-alcohol motifs (C(OH)–C–C–N with tert-alkyl or cyclic N) is 1. The summed E-state index contributed by atoms with van der Waals surface area (Å²) in [6, 6.07) is 1.88. The predicted octanol–water partition coefficient (Wildman–Crippen LogP) is 0.218. The van der Waals surface area contributed by atoms with Crippen molar-refractivity contribution >= 4 is 11.6 Å². The molecule has 1 aromatic rings. The quantitative estimate of drug-likeness (QED) is 0.528. The summed E-state index contributed by atoms with van der Waals surface area (Å²) < 4.78 is 0. The highest BCUT2D eigenvalue weighted by molar-refractivity contribution is 5.49. The largest absolute Gasteiger partial charge is 0.389 e. The Balaban J connectivity index is 2.02. The Morgan fingerprint density at radius 3 is 2.48 bits per heavy atom. The van der Waals surface area contributed by atoms with Crippen molar-refractivity contribution in [2.45, 2.75) is 32.8 Å². The molecular formula is C14H26N6O. The van der Waals surface area contributed by atoms with Crippen molar-refractivity contribution < 1.29 is 5.11 Å². The number of nitrogens with zero attached hydrogens (tertiary/aromatic N) is 4. The van der Waals surface area contributed by atoms with Gasteiger partial charge in [0.15, 0.2) is 0 Å². The molecule has 0 bridgehead atoms. The number of hydrogen-bond acceptors (Lipinski definition) is 7. The van der Waals surface area contributed by atoms with E-state index in [1.54, 1.807) is 0 Å². The standard InChI is InChI=1S/C14H26N6O/c1-4-11-16-12(18-15)9-13(17-11)20-7-5-19(6-8-20)10-14(2,3)21/h9,21H,4-8,10,15H2,1-3H3,(H,16,17,18). The van der Waals surface area contributed by atoms with E-state index in [4.69, 9.17) is 5.84 Å². The monoisotopic (exact) mass is 294 g/mol. The van der Waals surface area contributed by atoms with E-state index in [9.17, 15) is 5.11 Å². The van der Waals surface area contributed by atoms with Crippen LogP contribution in [0.4, 0.5) is 11.6 Å². The van der Waals surface area contributed by atoms with Gasteiger partial charge in [0.25, 0.3) is 0 Å². The molecule has 1 aliphatic rings. The zero-order valence-corrected chi connectivity index (χ0v) is 13.1. The van der Waals surface area contributed by atoms with Gasteiger partial charge in [0.2, 0.25) is 0 Å². The van der Waals surface area contributed by atoms with E-state index in [1.165, 1.54) is 0 Å². The molecule has 0 spiro atoms. The zero-order valence-electron chi connectivity index (χ0n) is 13.1. The average Bonchev–Trinajstić information content (AvgIpc) is 2.45. The number of aryl methyl sites for hydroxylation is 1. The molecule has 7 nitrogen and oxygen atoms in total. The van der Waals surface area contributed by atoms with Crippen LogP contribution in [-0.4, -0.2) is 58.3 Å². The van der Waals surface area contributed by atoms with Gasteiger partial charge in [0, 0.05) is 45.2 Å². The average molecular weight is 294 g/mol. The molecule has 118 valence electrons. The molecular weight excluding hydrogens is 268 g/mol. The fraction of sp³-hybridized carbons (Fsp3) is 0.714. The van der Waals surface area contributed by atoms with Crippen LogP contribution in [0.5, 0.6) is 0 Å². The highest BCUT2D eigenvalue weighted by atomic mass is 16.3. The highest BCUT2D eigenvalue weighted by Crippen LogP contribution is 2.18. The second-order valence-corrected chi connectivity index (χ2v) is 6.10. The van der Waals surface area contributed by atoms with E-state index in [2.05, 4.69) is 25.2 Å². The third-order valence-electron chi connectivity index (χ3n) is 3.53. The molecule has 0 saturated carbocycles. The molecule has 1 aromatic heterocycles. The van der Waals surface area contributed by atoms with Gasteiger partial charge in [0.1, 0.15) is 17.5 Å². The van der Waals surface area contributed by atoms with Gasteiger partial charge in [-0.15, -0.1) is 0 Å². The SMILES string of the molecule is CCc1nc(NN)cc(N2CCN(CC(C)(C)O)CC2)n1. The molecule has 0 amide bonds. The lowest BCUT2D eigenvalue weighted by atomic mass is 10.1. The van der Waals surface area contributed by atoms with E-state index in [-0.39, 0.29) is 0 Å². The number of nitrogens with two attached hydrogens (primary N) is 1. The van der Waals surface area contributed by atoms with Crippen LogP contribution in [0.15, 0.2) is 6.07 Å². The summed E-state index contributed by atoms with van der Waals surface area (Å²) in [5.41, 5.74) is 1.95. The van der Waals surface area contributed by atoms with Crippen LogP contribution < -0.4 is 16.2 Å². The maximum absolute atomic E-state index is 9.89. The summed E-state index contributed by atoms with van der Waals surface area (Å²) in [6.45, 7) is 10.0. The first kappa shape index (κ1) is 15.9. The van der Waals surface area contributed by atoms with Crippen molar-refractivity contribution in [2.24, 2.45) is 5.84 Å². The molecule has 2 rings (SSSR count). The van der Waals surface area contributed by atoms with Gasteiger partial charge >= 0.3 is 0 Å². The van der Waals surface area contributed by atoms with Gasteiger partial charge in [-0.05, 0) is 13.8 Å². The Morgan fingerprint density at radius 2 is 1.95 bits per heavy atom. The van der Waals surface area contributed by atoms with Gasteiger partial charge in [-0.1, -0.05) is 6.92 Å². The van der Waals surface area contributed by atoms with Crippen LogP contribution in [0.1, 0.15) is 26.6 Å². The smallest absolute Gasteiger partial charge is 0.145 e. The molecule has 1 fully saturated rings. The predicted molar refractivity (Wildman–Crippen MR) is 84.2 cm³/mol. The zero-order chi connectivity index (χ0) is 15.5. The molecule has 1 aliphatic heterocycles. The van der Waals surface area contributed by atoms with E-state index in [0.717, 1.165) is 44.2 Å². The second kappa shape index (κ2) is 6.55. The molecule has 7 heteroatoms. The Morgan fingerprint density at radius 1 is 1.29 bits per heavy atom. The van der Waals surface area contributed by atoms with Crippen molar-refractivity contribution in [1.82, 2.24) is 14.9 Å². The summed E-state index contributed by atoms with van der Waals surface area (Å²) in [5.74, 6) is 7.82. The van der Waals surface area contributed by atoms with E-state index in [0.29, 0.717) is 12.4 Å². The molecule has 0 unspecified atom stereocenters. The molecule has 0 aromatic carbocycles. The summed E-state index contributed by atoms with van der Waals surface area (Å²) in [4.78, 5) is 13.4. The Hall–Kier alpha value is -1.44. The number of nitrogens with one attached hydrogen (secondary N) is 1. The minimum atomic E-state index is -0.650. The number of hydrazine groups is 1. The third-order valence-corrected chi connectivity index (χ3v) is 3.53. The second-order valence-electron chi connectivity index (χ2n) is 6.10. The topological polar surface area (TPSA) is 90.5 Å². The lowest BCUT2D eigenvalue weighted by Gasteiger charge is -2.37. The summed E-state index contributed by atoms with van der Waals surface area (Å²) in [6.07, 6.45) is 0.779. The van der Waals surface area contributed by atoms with Crippen LogP contribution in [0.3, 0.4) is 0 Å². The Kier molecular flexibility index (Phi) is 4.97. The number of aromatic nitrogens is 2. The van der Waals surface area contributed by atoms with Gasteiger partial charge < -0.3 is 15.4 Å². The number of nitrogen functional groups attached to an aromatic ring is 1. The molecule has 1 saturated heterocycles. The van der Waals surface area contributed by atoms with Crippen LogP contribution in [0.25, 0.3) is 0 Å². The van der Waals surface area contributed by atoms with Crippen LogP contribution in [0.2, 0.25) is 0 Å². The van der Waals surface area contributed by atoms with Crippen LogP contribution >= 0.6 is 0 Å². The van der Waals surface area contributed by atoms with Crippen molar-refractivity contribution in [3.05, 3.63) is 11.9 Å². The van der Waals surface area contributed by atoms with Gasteiger partial charge in [-0.3, -0.25) is 4.90 Å². The summed E-state index contributed by atoms with van der Waals surface area (Å²) >= 11 is 0. The maximum Gasteiger partial charge on any atom is 0.145 e. The summed E-state index contributed by atoms with van der Waals surface area (Å²) in [5, 5.41) is 9.89. The van der Waals surface area contributed by atoms with E-state index < -0.39 is 5.60 Å². The lowest BCUT2D eigenvalue weighted by molar-refractivity contribution is 0.0344. The maximum atomic E-state index is 9.89. The molecule has 0 radical (unpaired) electrons. The van der Waals surface area contributed by atoms with Gasteiger partial charge in [0.05, 0.1) is 5.60 Å². The molecule has 0 atom stereocenters. The summed E-state index contributed by atoms with van der Waals surface area (Å²) in [7, 11) is 0.